The zero-order valence-corrected chi connectivity index (χ0v) is 12.9. The van der Waals surface area contributed by atoms with Crippen molar-refractivity contribution < 1.29 is 4.79 Å². The Hall–Kier alpha value is -1.51. The van der Waals surface area contributed by atoms with Gasteiger partial charge in [-0.05, 0) is 37.8 Å². The lowest BCUT2D eigenvalue weighted by Gasteiger charge is -2.31. The maximum absolute atomic E-state index is 12.7. The molecule has 0 radical (unpaired) electrons. The first-order chi connectivity index (χ1) is 10.2. The Morgan fingerprint density at radius 3 is 2.62 bits per heavy atom. The van der Waals surface area contributed by atoms with Crippen LogP contribution in [0.4, 0.5) is 5.69 Å². The van der Waals surface area contributed by atoms with Gasteiger partial charge in [0.05, 0.1) is 5.92 Å². The number of rotatable bonds is 2. The van der Waals surface area contributed by atoms with Crippen molar-refractivity contribution in [2.24, 2.45) is 0 Å². The van der Waals surface area contributed by atoms with Crippen LogP contribution >= 0.6 is 0 Å². The summed E-state index contributed by atoms with van der Waals surface area (Å²) in [4.78, 5) is 12.7. The van der Waals surface area contributed by atoms with Gasteiger partial charge in [0.15, 0.2) is 0 Å². The summed E-state index contributed by atoms with van der Waals surface area (Å²) < 4.78 is 0. The number of carbonyl (C=O) groups is 1. The van der Waals surface area contributed by atoms with E-state index in [1.807, 2.05) is 12.1 Å². The maximum atomic E-state index is 12.7. The molecule has 1 aliphatic heterocycles. The summed E-state index contributed by atoms with van der Waals surface area (Å²) in [6.07, 6.45) is 8.32. The first kappa shape index (κ1) is 14.4. The number of anilines is 1. The molecule has 1 fully saturated rings. The summed E-state index contributed by atoms with van der Waals surface area (Å²) >= 11 is 0. The minimum absolute atomic E-state index is 0.000651. The number of carbonyl (C=O) groups excluding carboxylic acids is 1. The number of hydrogen-bond acceptors (Lipinski definition) is 2. The van der Waals surface area contributed by atoms with Crippen molar-refractivity contribution in [3.63, 3.8) is 0 Å². The van der Waals surface area contributed by atoms with Crippen LogP contribution in [-0.4, -0.2) is 18.0 Å². The number of para-hydroxylation sites is 1. The van der Waals surface area contributed by atoms with E-state index in [1.54, 1.807) is 0 Å². The Morgan fingerprint density at radius 2 is 1.86 bits per heavy atom. The van der Waals surface area contributed by atoms with E-state index in [9.17, 15) is 4.79 Å². The van der Waals surface area contributed by atoms with Gasteiger partial charge in [-0.15, -0.1) is 0 Å². The fraction of sp³-hybridized carbons (Fsp3) is 0.611. The minimum Gasteiger partial charge on any atom is -0.382 e. The third-order valence-electron chi connectivity index (χ3n) is 4.85. The van der Waals surface area contributed by atoms with Crippen molar-refractivity contribution >= 4 is 11.6 Å². The zero-order valence-electron chi connectivity index (χ0n) is 12.9. The molecule has 0 aromatic heterocycles. The SMILES string of the molecule is CC1CC(C(=O)NC2CCCCCC2)c2ccccc2N1. The molecule has 1 aromatic carbocycles. The van der Waals surface area contributed by atoms with Gasteiger partial charge >= 0.3 is 0 Å². The largest absolute Gasteiger partial charge is 0.382 e. The molecule has 2 aliphatic rings. The zero-order chi connectivity index (χ0) is 14.7. The Bertz CT molecular complexity index is 492. The smallest absolute Gasteiger partial charge is 0.227 e. The molecule has 114 valence electrons. The molecule has 3 heteroatoms. The van der Waals surface area contributed by atoms with E-state index < -0.39 is 0 Å². The third-order valence-corrected chi connectivity index (χ3v) is 4.85. The van der Waals surface area contributed by atoms with Gasteiger partial charge in [0.2, 0.25) is 5.91 Å². The lowest BCUT2D eigenvalue weighted by atomic mass is 9.86. The highest BCUT2D eigenvalue weighted by molar-refractivity contribution is 5.86. The van der Waals surface area contributed by atoms with Gasteiger partial charge in [0.1, 0.15) is 0 Å². The monoisotopic (exact) mass is 286 g/mol. The van der Waals surface area contributed by atoms with E-state index in [1.165, 1.54) is 25.7 Å². The molecular weight excluding hydrogens is 260 g/mol. The van der Waals surface area contributed by atoms with E-state index in [2.05, 4.69) is 29.7 Å². The molecule has 0 saturated heterocycles. The fourth-order valence-electron chi connectivity index (χ4n) is 3.71. The number of hydrogen-bond donors (Lipinski definition) is 2. The van der Waals surface area contributed by atoms with E-state index >= 15 is 0 Å². The lowest BCUT2D eigenvalue weighted by Crippen LogP contribution is -2.41. The molecule has 2 N–H and O–H groups in total. The molecule has 1 heterocycles. The van der Waals surface area contributed by atoms with Gasteiger partial charge in [-0.2, -0.15) is 0 Å². The molecule has 1 saturated carbocycles. The standard InChI is InChI=1S/C18H26N2O/c1-13-12-16(15-10-6-7-11-17(15)19-13)18(21)20-14-8-4-2-3-5-9-14/h6-7,10-11,13-14,16,19H,2-5,8-9,12H2,1H3,(H,20,21). The van der Waals surface area contributed by atoms with Crippen LogP contribution < -0.4 is 10.6 Å². The topological polar surface area (TPSA) is 41.1 Å². The summed E-state index contributed by atoms with van der Waals surface area (Å²) in [6, 6.07) is 8.97. The average Bonchev–Trinajstić information content (AvgIpc) is 2.75. The van der Waals surface area contributed by atoms with Gasteiger partial charge in [-0.1, -0.05) is 43.9 Å². The number of fused-ring (bicyclic) bond motifs is 1. The van der Waals surface area contributed by atoms with Gasteiger partial charge in [0.25, 0.3) is 0 Å². The Morgan fingerprint density at radius 1 is 1.14 bits per heavy atom. The highest BCUT2D eigenvalue weighted by Crippen LogP contribution is 2.34. The Kier molecular flexibility index (Phi) is 4.47. The van der Waals surface area contributed by atoms with Crippen LogP contribution in [0.5, 0.6) is 0 Å². The molecule has 0 bridgehead atoms. The van der Waals surface area contributed by atoms with Crippen molar-refractivity contribution in [1.82, 2.24) is 5.32 Å². The second-order valence-corrected chi connectivity index (χ2v) is 6.62. The molecular formula is C18H26N2O. The number of amides is 1. The van der Waals surface area contributed by atoms with E-state index in [0.717, 1.165) is 30.5 Å². The van der Waals surface area contributed by atoms with Crippen molar-refractivity contribution in [2.45, 2.75) is 69.9 Å². The molecule has 3 nitrogen and oxygen atoms in total. The summed E-state index contributed by atoms with van der Waals surface area (Å²) in [5, 5.41) is 6.80. The van der Waals surface area contributed by atoms with Crippen LogP contribution in [0.15, 0.2) is 24.3 Å². The van der Waals surface area contributed by atoms with Crippen LogP contribution in [-0.2, 0) is 4.79 Å². The van der Waals surface area contributed by atoms with Crippen molar-refractivity contribution in [3.8, 4) is 0 Å². The predicted molar refractivity (Wildman–Crippen MR) is 86.5 cm³/mol. The summed E-state index contributed by atoms with van der Waals surface area (Å²) in [6.45, 7) is 2.15. The fourth-order valence-corrected chi connectivity index (χ4v) is 3.71. The van der Waals surface area contributed by atoms with Crippen LogP contribution in [0.2, 0.25) is 0 Å². The molecule has 1 aliphatic carbocycles. The van der Waals surface area contributed by atoms with Crippen molar-refractivity contribution in [2.75, 3.05) is 5.32 Å². The summed E-state index contributed by atoms with van der Waals surface area (Å²) in [7, 11) is 0. The quantitative estimate of drug-likeness (QED) is 0.812. The maximum Gasteiger partial charge on any atom is 0.227 e. The van der Waals surface area contributed by atoms with Crippen LogP contribution in [0.1, 0.15) is 63.4 Å². The van der Waals surface area contributed by atoms with Gasteiger partial charge < -0.3 is 10.6 Å². The lowest BCUT2D eigenvalue weighted by molar-refractivity contribution is -0.123. The average molecular weight is 286 g/mol. The summed E-state index contributed by atoms with van der Waals surface area (Å²) in [5.74, 6) is 0.225. The summed E-state index contributed by atoms with van der Waals surface area (Å²) in [5.41, 5.74) is 2.28. The molecule has 2 atom stereocenters. The highest BCUT2D eigenvalue weighted by Gasteiger charge is 2.30. The normalized spacial score (nSPS) is 26.3. The van der Waals surface area contributed by atoms with Gasteiger partial charge in [-0.25, -0.2) is 0 Å². The van der Waals surface area contributed by atoms with Crippen LogP contribution in [0.3, 0.4) is 0 Å². The Labute approximate surface area is 127 Å². The van der Waals surface area contributed by atoms with Crippen LogP contribution in [0.25, 0.3) is 0 Å². The predicted octanol–water partition coefficient (Wildman–Crippen LogP) is 3.81. The molecule has 0 spiro atoms. The molecule has 21 heavy (non-hydrogen) atoms. The van der Waals surface area contributed by atoms with Crippen LogP contribution in [0, 0.1) is 0 Å². The van der Waals surface area contributed by atoms with Gasteiger partial charge in [0, 0.05) is 17.8 Å². The first-order valence-corrected chi connectivity index (χ1v) is 8.40. The third kappa shape index (κ3) is 3.39. The van der Waals surface area contributed by atoms with E-state index in [-0.39, 0.29) is 11.8 Å². The van der Waals surface area contributed by atoms with E-state index in [0.29, 0.717) is 12.1 Å². The first-order valence-electron chi connectivity index (χ1n) is 8.40. The second kappa shape index (κ2) is 6.50. The number of nitrogens with one attached hydrogen (secondary N) is 2. The highest BCUT2D eigenvalue weighted by atomic mass is 16.1. The van der Waals surface area contributed by atoms with Gasteiger partial charge in [-0.3, -0.25) is 4.79 Å². The van der Waals surface area contributed by atoms with Crippen molar-refractivity contribution in [3.05, 3.63) is 29.8 Å². The molecule has 1 aromatic rings. The molecule has 1 amide bonds. The Balaban J connectivity index is 1.72. The minimum atomic E-state index is 0.000651. The number of benzene rings is 1. The molecule has 2 unspecified atom stereocenters. The molecule has 3 rings (SSSR count). The van der Waals surface area contributed by atoms with Crippen molar-refractivity contribution in [1.29, 1.82) is 0 Å². The second-order valence-electron chi connectivity index (χ2n) is 6.62. The van der Waals surface area contributed by atoms with E-state index in [4.69, 9.17) is 0 Å².